The molecule has 2 heterocycles. The number of carbonyl (C=O) groups excluding carboxylic acids is 5. The van der Waals surface area contributed by atoms with E-state index in [9.17, 15) is 29.1 Å². The zero-order valence-corrected chi connectivity index (χ0v) is 41.3. The largest absolute Gasteiger partial charge is 0.393 e. The van der Waals surface area contributed by atoms with Crippen molar-refractivity contribution < 1.29 is 48.0 Å². The zero-order valence-electron chi connectivity index (χ0n) is 41.3. The molecule has 1 aromatic rings. The van der Waals surface area contributed by atoms with Crippen LogP contribution in [0.5, 0.6) is 0 Å². The monoisotopic (exact) mass is 931 g/mol. The van der Waals surface area contributed by atoms with Gasteiger partial charge >= 0.3 is 0 Å². The highest BCUT2D eigenvalue weighted by Crippen LogP contribution is 2.75. The molecule has 2 unspecified atom stereocenters. The Hall–Kier alpha value is -3.69. The van der Waals surface area contributed by atoms with E-state index in [2.05, 4.69) is 70.5 Å². The summed E-state index contributed by atoms with van der Waals surface area (Å²) in [5.74, 6) is 0.389. The van der Waals surface area contributed by atoms with Crippen molar-refractivity contribution in [2.24, 2.45) is 56.7 Å². The third-order valence-corrected chi connectivity index (χ3v) is 19.1. The second-order valence-electron chi connectivity index (χ2n) is 22.5. The van der Waals surface area contributed by atoms with Crippen LogP contribution in [0.25, 0.3) is 0 Å². The molecule has 14 heteroatoms. The molecular formula is C53H78N4O10. The van der Waals surface area contributed by atoms with Crippen molar-refractivity contribution in [2.75, 3.05) is 71.3 Å². The number of ether oxygens (including phenoxy) is 4. The van der Waals surface area contributed by atoms with Gasteiger partial charge in [0.05, 0.1) is 75.5 Å². The molecule has 8 rings (SSSR count). The Balaban J connectivity index is 0.716. The number of hydrogen-bond donors (Lipinski definition) is 4. The molecule has 0 radical (unpaired) electrons. The lowest BCUT2D eigenvalue weighted by molar-refractivity contribution is -0.204. The predicted molar refractivity (Wildman–Crippen MR) is 253 cm³/mol. The highest BCUT2D eigenvalue weighted by Gasteiger charge is 2.69. The first-order valence-corrected chi connectivity index (χ1v) is 25.5. The van der Waals surface area contributed by atoms with Crippen LogP contribution < -0.4 is 16.0 Å². The van der Waals surface area contributed by atoms with Crippen LogP contribution in [-0.4, -0.2) is 118 Å². The van der Waals surface area contributed by atoms with E-state index >= 15 is 0 Å². The molecule has 1 aromatic carbocycles. The van der Waals surface area contributed by atoms with Gasteiger partial charge in [0.25, 0.3) is 11.8 Å². The molecule has 5 aliphatic carbocycles. The van der Waals surface area contributed by atoms with Crippen molar-refractivity contribution in [3.63, 3.8) is 0 Å². The SMILES string of the molecule is C[C@H]1[C@H](C)CC[C@]2(C(=O)NCCOCCOCCOCCOCCNc3cccc4c3C(=O)N(C3CCC(=O)NC3=O)C4=O)CC[C@]3(C)C(=CC[C@@H]4[C@@]5(C)CC[C@H](O)C(C)(C)C5CC[C@]43C)[C@H]12. The van der Waals surface area contributed by atoms with Gasteiger partial charge in [-0.25, -0.2) is 0 Å². The molecule has 0 aromatic heterocycles. The Morgan fingerprint density at radius 1 is 0.776 bits per heavy atom. The number of piperidine rings is 1. The van der Waals surface area contributed by atoms with Gasteiger partial charge in [-0.05, 0) is 128 Å². The van der Waals surface area contributed by atoms with Crippen LogP contribution in [-0.2, 0) is 33.3 Å². The second kappa shape index (κ2) is 19.6. The van der Waals surface area contributed by atoms with Gasteiger partial charge in [-0.3, -0.25) is 34.2 Å². The summed E-state index contributed by atoms with van der Waals surface area (Å²) in [7, 11) is 0. The normalized spacial score (nSPS) is 36.5. The highest BCUT2D eigenvalue weighted by atomic mass is 16.6. The van der Waals surface area contributed by atoms with Crippen LogP contribution in [0.1, 0.15) is 140 Å². The van der Waals surface area contributed by atoms with E-state index in [1.54, 1.807) is 23.8 Å². The predicted octanol–water partition coefficient (Wildman–Crippen LogP) is 6.70. The molecule has 5 fully saturated rings. The van der Waals surface area contributed by atoms with Crippen molar-refractivity contribution in [1.82, 2.24) is 15.5 Å². The van der Waals surface area contributed by atoms with Crippen molar-refractivity contribution >= 4 is 35.2 Å². The molecule has 0 bridgehead atoms. The minimum Gasteiger partial charge on any atom is -0.393 e. The van der Waals surface area contributed by atoms with E-state index in [0.29, 0.717) is 95.3 Å². The number of carbonyl (C=O) groups is 5. The first-order valence-electron chi connectivity index (χ1n) is 25.5. The van der Waals surface area contributed by atoms with Crippen LogP contribution in [0, 0.1) is 56.7 Å². The fraction of sp³-hybridized carbons (Fsp3) is 0.755. The summed E-state index contributed by atoms with van der Waals surface area (Å²) in [6.45, 7) is 21.2. The smallest absolute Gasteiger partial charge is 0.264 e. The molecule has 11 atom stereocenters. The number of amides is 5. The van der Waals surface area contributed by atoms with Crippen LogP contribution in [0.15, 0.2) is 29.8 Å². The van der Waals surface area contributed by atoms with Crippen molar-refractivity contribution in [2.45, 2.75) is 131 Å². The first-order chi connectivity index (χ1) is 31.9. The molecule has 7 aliphatic rings. The second-order valence-corrected chi connectivity index (χ2v) is 22.5. The van der Waals surface area contributed by atoms with Crippen molar-refractivity contribution in [3.8, 4) is 0 Å². The van der Waals surface area contributed by atoms with Crippen LogP contribution in [0.4, 0.5) is 5.69 Å². The summed E-state index contributed by atoms with van der Waals surface area (Å²) in [5, 5.41) is 19.8. The highest BCUT2D eigenvalue weighted by molar-refractivity contribution is 6.25. The van der Waals surface area contributed by atoms with E-state index < -0.39 is 29.7 Å². The van der Waals surface area contributed by atoms with Crippen LogP contribution in [0.3, 0.4) is 0 Å². The van der Waals surface area contributed by atoms with Gasteiger partial charge in [0.2, 0.25) is 17.7 Å². The van der Waals surface area contributed by atoms with E-state index in [4.69, 9.17) is 18.9 Å². The summed E-state index contributed by atoms with van der Waals surface area (Å²) >= 11 is 0. The molecule has 5 amide bonds. The Bertz CT molecular complexity index is 2090. The van der Waals surface area contributed by atoms with Crippen molar-refractivity contribution in [3.05, 3.63) is 41.0 Å². The average Bonchev–Trinajstić information content (AvgIpc) is 3.54. The van der Waals surface area contributed by atoms with Crippen LogP contribution in [0.2, 0.25) is 0 Å². The van der Waals surface area contributed by atoms with Gasteiger partial charge in [0.1, 0.15) is 6.04 Å². The Kier molecular flexibility index (Phi) is 14.5. The molecule has 2 aliphatic heterocycles. The number of aliphatic hydroxyl groups is 1. The van der Waals surface area contributed by atoms with Crippen molar-refractivity contribution in [1.29, 1.82) is 0 Å². The molecule has 14 nitrogen and oxygen atoms in total. The molecule has 67 heavy (non-hydrogen) atoms. The lowest BCUT2D eigenvalue weighted by Crippen LogP contribution is -2.66. The zero-order chi connectivity index (χ0) is 47.9. The quantitative estimate of drug-likeness (QED) is 0.0699. The molecule has 4 N–H and O–H groups in total. The van der Waals surface area contributed by atoms with Gasteiger partial charge in [-0.15, -0.1) is 0 Å². The molecular weight excluding hydrogens is 853 g/mol. The number of anilines is 1. The number of nitrogens with zero attached hydrogens (tertiary/aromatic N) is 1. The Morgan fingerprint density at radius 3 is 2.13 bits per heavy atom. The minimum atomic E-state index is -1.02. The first kappa shape index (κ1) is 49.7. The maximum Gasteiger partial charge on any atom is 0.264 e. The van der Waals surface area contributed by atoms with Gasteiger partial charge in [-0.2, -0.15) is 0 Å². The van der Waals surface area contributed by atoms with E-state index in [0.717, 1.165) is 49.8 Å². The number of fused-ring (bicyclic) bond motifs is 8. The van der Waals surface area contributed by atoms with E-state index in [-0.39, 0.29) is 69.0 Å². The number of aliphatic hydroxyl groups excluding tert-OH is 1. The van der Waals surface area contributed by atoms with Gasteiger partial charge in [0, 0.05) is 25.2 Å². The summed E-state index contributed by atoms with van der Waals surface area (Å²) < 4.78 is 22.9. The summed E-state index contributed by atoms with van der Waals surface area (Å²) in [6.07, 6.45) is 12.0. The number of rotatable bonds is 18. The summed E-state index contributed by atoms with van der Waals surface area (Å²) in [6, 6.07) is 3.93. The standard InChI is InChI=1S/C53H78N4O10/c1-33-15-20-53(22-21-51(6)36(44(53)34(33)2)11-13-40-50(5)18-17-41(58)49(3,4)39(50)16-19-52(40,51)7)48(63)55-24-26-65-28-30-67-32-31-66-29-27-64-25-23-54-37-10-8-9-35-43(37)47(62)57(46(35)61)38-12-14-42(59)56-45(38)60/h8-11,33-34,38-41,44,54,58H,12-32H2,1-7H3,(H,55,63)(H,56,59,60)/t33-,34+,38?,39?,40-,41+,44+,50+,51-,52-,53+/m1/s1. The molecule has 4 saturated carbocycles. The third kappa shape index (κ3) is 8.71. The average molecular weight is 931 g/mol. The Labute approximate surface area is 397 Å². The van der Waals surface area contributed by atoms with E-state index in [1.165, 1.54) is 12.8 Å². The third-order valence-electron chi connectivity index (χ3n) is 19.1. The molecule has 1 saturated heterocycles. The van der Waals surface area contributed by atoms with Gasteiger partial charge in [-0.1, -0.05) is 66.2 Å². The maximum absolute atomic E-state index is 14.5. The summed E-state index contributed by atoms with van der Waals surface area (Å²) in [4.78, 5) is 65.8. The lowest BCUT2D eigenvalue weighted by atomic mass is 9.33. The molecule has 0 spiro atoms. The van der Waals surface area contributed by atoms with Crippen LogP contribution >= 0.6 is 0 Å². The topological polar surface area (TPSA) is 182 Å². The number of allylic oxidation sites excluding steroid dienone is 2. The Morgan fingerprint density at radius 2 is 1.45 bits per heavy atom. The number of imide groups is 2. The maximum atomic E-state index is 14.5. The minimum absolute atomic E-state index is 0.0532. The number of benzene rings is 1. The fourth-order valence-electron chi connectivity index (χ4n) is 15.0. The summed E-state index contributed by atoms with van der Waals surface area (Å²) in [5.41, 5.74) is 2.45. The number of hydrogen-bond acceptors (Lipinski definition) is 11. The lowest BCUT2D eigenvalue weighted by Gasteiger charge is -2.71. The van der Waals surface area contributed by atoms with Gasteiger partial charge in [0.15, 0.2) is 0 Å². The number of nitrogens with one attached hydrogen (secondary N) is 3. The van der Waals surface area contributed by atoms with E-state index in [1.807, 2.05) is 0 Å². The molecule has 370 valence electrons. The van der Waals surface area contributed by atoms with Gasteiger partial charge < -0.3 is 34.7 Å². The fourth-order valence-corrected chi connectivity index (χ4v) is 15.0.